The van der Waals surface area contributed by atoms with Crippen molar-refractivity contribution in [3.8, 4) is 0 Å². The zero-order valence-electron chi connectivity index (χ0n) is 16.9. The molecule has 0 aliphatic carbocycles. The second kappa shape index (κ2) is 8.33. The summed E-state index contributed by atoms with van der Waals surface area (Å²) >= 11 is 0. The first-order chi connectivity index (χ1) is 14.1. The number of hydrogen-bond donors (Lipinski definition) is 1. The molecule has 0 bridgehead atoms. The number of fused-ring (bicyclic) bond motifs is 1. The number of carbonyl (C=O) groups is 1. The molecular weight excluding hydrogens is 364 g/mol. The number of amides is 1. The van der Waals surface area contributed by atoms with Crippen molar-refractivity contribution in [1.29, 1.82) is 0 Å². The van der Waals surface area contributed by atoms with Gasteiger partial charge in [-0.3, -0.25) is 4.79 Å². The highest BCUT2D eigenvalue weighted by Crippen LogP contribution is 2.36. The summed E-state index contributed by atoms with van der Waals surface area (Å²) in [6.07, 6.45) is 4.77. The fraction of sp³-hybridized carbons (Fsp3) is 0.435. The fourth-order valence-electron chi connectivity index (χ4n) is 4.34. The van der Waals surface area contributed by atoms with Crippen LogP contribution in [0.1, 0.15) is 41.6 Å². The van der Waals surface area contributed by atoms with Crippen LogP contribution in [-0.4, -0.2) is 50.6 Å². The van der Waals surface area contributed by atoms with Crippen LogP contribution in [0.25, 0.3) is 11.0 Å². The van der Waals surface area contributed by atoms with E-state index in [0.29, 0.717) is 18.7 Å². The number of aliphatic hydroxyl groups is 1. The molecule has 152 valence electrons. The molecule has 0 radical (unpaired) electrons. The van der Waals surface area contributed by atoms with E-state index in [1.807, 2.05) is 36.2 Å². The van der Waals surface area contributed by atoms with Crippen LogP contribution < -0.4 is 0 Å². The van der Waals surface area contributed by atoms with Crippen LogP contribution in [0, 0.1) is 5.41 Å². The number of hydrogen-bond acceptors (Lipinski definition) is 4. The van der Waals surface area contributed by atoms with Gasteiger partial charge in [0.1, 0.15) is 5.52 Å². The number of carbonyl (C=O) groups excluding carboxylic acids is 1. The maximum absolute atomic E-state index is 13.0. The van der Waals surface area contributed by atoms with Crippen LogP contribution in [0.5, 0.6) is 0 Å². The summed E-state index contributed by atoms with van der Waals surface area (Å²) in [6.45, 7) is 1.56. The zero-order chi connectivity index (χ0) is 20.3. The summed E-state index contributed by atoms with van der Waals surface area (Å²) in [7, 11) is 1.84. The van der Waals surface area contributed by atoms with Crippen molar-refractivity contribution in [3.05, 3.63) is 59.7 Å². The Bertz CT molecular complexity index is 975. The molecule has 1 amide bonds. The van der Waals surface area contributed by atoms with Gasteiger partial charge in [0.2, 0.25) is 0 Å². The van der Waals surface area contributed by atoms with Crippen LogP contribution in [-0.2, 0) is 13.5 Å². The predicted molar refractivity (Wildman–Crippen MR) is 113 cm³/mol. The molecule has 1 aliphatic rings. The second-order valence-corrected chi connectivity index (χ2v) is 8.21. The molecule has 3 aromatic rings. The second-order valence-electron chi connectivity index (χ2n) is 8.21. The first-order valence-corrected chi connectivity index (χ1v) is 10.3. The molecular formula is C23H28N4O2. The quantitative estimate of drug-likeness (QED) is 0.699. The first kappa shape index (κ1) is 19.6. The Hall–Kier alpha value is -2.73. The third kappa shape index (κ3) is 4.17. The van der Waals surface area contributed by atoms with E-state index in [1.165, 1.54) is 5.56 Å². The highest BCUT2D eigenvalue weighted by Gasteiger charge is 2.35. The molecule has 6 heteroatoms. The Morgan fingerprint density at radius 3 is 2.62 bits per heavy atom. The van der Waals surface area contributed by atoms with Gasteiger partial charge in [-0.15, -0.1) is 5.10 Å². The maximum atomic E-state index is 13.0. The summed E-state index contributed by atoms with van der Waals surface area (Å²) in [6, 6.07) is 16.0. The van der Waals surface area contributed by atoms with Gasteiger partial charge in [0.25, 0.3) is 5.91 Å². The number of piperidine rings is 1. The van der Waals surface area contributed by atoms with Crippen LogP contribution in [0.15, 0.2) is 48.5 Å². The fourth-order valence-corrected chi connectivity index (χ4v) is 4.34. The van der Waals surface area contributed by atoms with E-state index in [2.05, 4.69) is 34.6 Å². The van der Waals surface area contributed by atoms with Gasteiger partial charge in [0.05, 0.1) is 5.52 Å². The standard InChI is InChI=1S/C23H28N4O2/c1-26-21-10-9-19(16-20(21)24-25-26)22(29)27-14-12-23(17-28,13-15-27)11-5-8-18-6-3-2-4-7-18/h2-4,6-7,9-10,16,28H,5,8,11-15,17H2,1H3. The summed E-state index contributed by atoms with van der Waals surface area (Å²) in [4.78, 5) is 14.9. The lowest BCUT2D eigenvalue weighted by atomic mass is 9.75. The number of rotatable bonds is 6. The van der Waals surface area contributed by atoms with E-state index < -0.39 is 0 Å². The van der Waals surface area contributed by atoms with E-state index >= 15 is 0 Å². The van der Waals surface area contributed by atoms with Gasteiger partial charge in [0, 0.05) is 32.3 Å². The number of benzene rings is 2. The van der Waals surface area contributed by atoms with Crippen molar-refractivity contribution in [3.63, 3.8) is 0 Å². The number of aliphatic hydroxyl groups excluding tert-OH is 1. The minimum Gasteiger partial charge on any atom is -0.396 e. The Kier molecular flexibility index (Phi) is 5.62. The van der Waals surface area contributed by atoms with E-state index in [1.54, 1.807) is 4.68 Å². The molecule has 0 saturated carbocycles. The number of aryl methyl sites for hydroxylation is 2. The molecule has 6 nitrogen and oxygen atoms in total. The summed E-state index contributed by atoms with van der Waals surface area (Å²) in [5.41, 5.74) is 3.57. The van der Waals surface area contributed by atoms with Crippen molar-refractivity contribution < 1.29 is 9.90 Å². The normalized spacial score (nSPS) is 16.3. The smallest absolute Gasteiger partial charge is 0.253 e. The van der Waals surface area contributed by atoms with Crippen molar-refractivity contribution >= 4 is 16.9 Å². The lowest BCUT2D eigenvalue weighted by molar-refractivity contribution is 0.0303. The van der Waals surface area contributed by atoms with Crippen molar-refractivity contribution in [2.45, 2.75) is 32.1 Å². The van der Waals surface area contributed by atoms with E-state index in [0.717, 1.165) is 43.1 Å². The molecule has 0 spiro atoms. The molecule has 1 saturated heterocycles. The Morgan fingerprint density at radius 2 is 1.90 bits per heavy atom. The topological polar surface area (TPSA) is 71.2 Å². The SMILES string of the molecule is Cn1nnc2cc(C(=O)N3CCC(CO)(CCCc4ccccc4)CC3)ccc21. The van der Waals surface area contributed by atoms with Gasteiger partial charge in [-0.25, -0.2) is 4.68 Å². The molecule has 4 rings (SSSR count). The predicted octanol–water partition coefficient (Wildman–Crippen LogP) is 3.21. The maximum Gasteiger partial charge on any atom is 0.253 e. The molecule has 1 fully saturated rings. The Labute approximate surface area is 171 Å². The van der Waals surface area contributed by atoms with Gasteiger partial charge in [-0.2, -0.15) is 0 Å². The molecule has 2 aromatic carbocycles. The lowest BCUT2D eigenvalue weighted by Gasteiger charge is -2.41. The first-order valence-electron chi connectivity index (χ1n) is 10.3. The summed E-state index contributed by atoms with van der Waals surface area (Å²) in [5, 5.41) is 18.2. The highest BCUT2D eigenvalue weighted by molar-refractivity contribution is 5.97. The Balaban J connectivity index is 1.35. The zero-order valence-corrected chi connectivity index (χ0v) is 16.9. The number of likely N-dealkylation sites (tertiary alicyclic amines) is 1. The summed E-state index contributed by atoms with van der Waals surface area (Å²) < 4.78 is 1.70. The van der Waals surface area contributed by atoms with E-state index in [-0.39, 0.29) is 17.9 Å². The third-order valence-corrected chi connectivity index (χ3v) is 6.32. The van der Waals surface area contributed by atoms with Crippen LogP contribution in [0.3, 0.4) is 0 Å². The average Bonchev–Trinajstić information content (AvgIpc) is 3.14. The Morgan fingerprint density at radius 1 is 1.14 bits per heavy atom. The summed E-state index contributed by atoms with van der Waals surface area (Å²) in [5.74, 6) is 0.0355. The van der Waals surface area contributed by atoms with E-state index in [4.69, 9.17) is 0 Å². The molecule has 1 N–H and O–H groups in total. The highest BCUT2D eigenvalue weighted by atomic mass is 16.3. The van der Waals surface area contributed by atoms with Crippen molar-refractivity contribution in [1.82, 2.24) is 19.9 Å². The van der Waals surface area contributed by atoms with E-state index in [9.17, 15) is 9.90 Å². The van der Waals surface area contributed by atoms with Gasteiger partial charge >= 0.3 is 0 Å². The van der Waals surface area contributed by atoms with Gasteiger partial charge in [-0.1, -0.05) is 35.5 Å². The van der Waals surface area contributed by atoms with Gasteiger partial charge in [-0.05, 0) is 61.3 Å². The van der Waals surface area contributed by atoms with Crippen LogP contribution in [0.2, 0.25) is 0 Å². The lowest BCUT2D eigenvalue weighted by Crippen LogP contribution is -2.44. The average molecular weight is 393 g/mol. The van der Waals surface area contributed by atoms with Gasteiger partial charge < -0.3 is 10.0 Å². The van der Waals surface area contributed by atoms with Crippen LogP contribution in [0.4, 0.5) is 0 Å². The van der Waals surface area contributed by atoms with Crippen LogP contribution >= 0.6 is 0 Å². The van der Waals surface area contributed by atoms with Gasteiger partial charge in [0.15, 0.2) is 0 Å². The monoisotopic (exact) mass is 392 g/mol. The minimum atomic E-state index is -0.0690. The molecule has 1 aromatic heterocycles. The number of aromatic nitrogens is 3. The van der Waals surface area contributed by atoms with Crippen molar-refractivity contribution in [2.24, 2.45) is 12.5 Å². The van der Waals surface area contributed by atoms with Crippen molar-refractivity contribution in [2.75, 3.05) is 19.7 Å². The minimum absolute atomic E-state index is 0.0355. The third-order valence-electron chi connectivity index (χ3n) is 6.32. The molecule has 0 atom stereocenters. The number of nitrogens with zero attached hydrogens (tertiary/aromatic N) is 4. The molecule has 2 heterocycles. The molecule has 1 aliphatic heterocycles. The largest absolute Gasteiger partial charge is 0.396 e. The molecule has 0 unspecified atom stereocenters. The molecule has 29 heavy (non-hydrogen) atoms.